The van der Waals surface area contributed by atoms with Gasteiger partial charge in [-0.3, -0.25) is 38.4 Å². The molecule has 0 bridgehead atoms. The fraction of sp³-hybridized carbons (Fsp3) is 0.634. The van der Waals surface area contributed by atoms with Gasteiger partial charge in [0.25, 0.3) is 0 Å². The second kappa shape index (κ2) is 19.3. The van der Waals surface area contributed by atoms with E-state index >= 15 is 0 Å². The lowest BCUT2D eigenvalue weighted by Gasteiger charge is -2.35. The number of nitrogens with zero attached hydrogens (tertiary/aromatic N) is 5. The molecule has 20 heteroatoms. The minimum absolute atomic E-state index is 0.0230. The Balaban J connectivity index is 1.06. The first-order chi connectivity index (χ1) is 29.1. The lowest BCUT2D eigenvalue weighted by atomic mass is 10.0. The largest absolute Gasteiger partial charge is 0.508 e. The zero-order chi connectivity index (χ0) is 44.1. The van der Waals surface area contributed by atoms with Gasteiger partial charge in [-0.25, -0.2) is 4.79 Å². The molecule has 0 radical (unpaired) electrons. The van der Waals surface area contributed by atoms with Crippen LogP contribution in [0.4, 0.5) is 0 Å². The number of carboxylic acids is 2. The average Bonchev–Trinajstić information content (AvgIpc) is 4.08. The maximum atomic E-state index is 14.2. The van der Waals surface area contributed by atoms with Gasteiger partial charge in [-0.2, -0.15) is 0 Å². The van der Waals surface area contributed by atoms with Crippen molar-refractivity contribution in [3.8, 4) is 5.75 Å². The van der Waals surface area contributed by atoms with Crippen molar-refractivity contribution in [2.45, 2.75) is 132 Å². The molecule has 5 heterocycles. The third-order valence-corrected chi connectivity index (χ3v) is 12.6. The number of nitrogens with two attached hydrogens (primary N) is 1. The Kier molecular flexibility index (Phi) is 14.1. The number of aliphatic carboxylic acids is 2. The van der Waals surface area contributed by atoms with Crippen LogP contribution >= 0.6 is 0 Å². The van der Waals surface area contributed by atoms with E-state index in [9.17, 15) is 58.5 Å². The highest BCUT2D eigenvalue weighted by molar-refractivity contribution is 5.99. The van der Waals surface area contributed by atoms with E-state index in [1.807, 2.05) is 0 Å². The van der Waals surface area contributed by atoms with Crippen molar-refractivity contribution in [1.82, 2.24) is 35.1 Å². The van der Waals surface area contributed by atoms with E-state index in [0.29, 0.717) is 76.4 Å². The van der Waals surface area contributed by atoms with Crippen LogP contribution in [0.25, 0.3) is 0 Å². The molecular formula is C41H56N8O12. The summed E-state index contributed by atoms with van der Waals surface area (Å²) in [7, 11) is 0. The number of carboxylic acid groups (broad SMARTS) is 2. The standard InChI is InChI=1S/C41H56N8O12/c1-23(43-35(54)28-7-2-16-45(28)37(56)27(22-33(51)52)44-34(53)26(42)21-24-12-14-25(50)15-13-24)36(55)46-17-3-8-29(46)38(57)47-18-4-9-30(47)39(58)48-19-5-10-31(48)40(59)49-20-6-11-32(49)41(60)61/h12-15,23,26-32,50H,2-11,16-22,42H2,1H3,(H,43,54)(H,44,53)(H,51,52)(H,60,61). The molecule has 20 nitrogen and oxygen atoms in total. The zero-order valence-corrected chi connectivity index (χ0v) is 34.3. The molecule has 0 aliphatic carbocycles. The Morgan fingerprint density at radius 1 is 0.623 bits per heavy atom. The minimum atomic E-state index is -1.54. The number of aromatic hydroxyl groups is 1. The first-order valence-electron chi connectivity index (χ1n) is 21.2. The van der Waals surface area contributed by atoms with Crippen LogP contribution in [0.5, 0.6) is 5.75 Å². The van der Waals surface area contributed by atoms with Gasteiger partial charge in [0, 0.05) is 32.7 Å². The van der Waals surface area contributed by atoms with E-state index in [2.05, 4.69) is 10.6 Å². The third kappa shape index (κ3) is 9.89. The number of rotatable bonds is 14. The molecule has 6 rings (SSSR count). The second-order valence-electron chi connectivity index (χ2n) is 16.7. The summed E-state index contributed by atoms with van der Waals surface area (Å²) in [6, 6.07) is -2.39. The Bertz CT molecular complexity index is 1900. The number of likely N-dealkylation sites (tertiary alicyclic amines) is 5. The molecule has 332 valence electrons. The number of hydrogen-bond acceptors (Lipinski definition) is 11. The molecule has 0 saturated carbocycles. The van der Waals surface area contributed by atoms with Gasteiger partial charge < -0.3 is 56.2 Å². The van der Waals surface area contributed by atoms with Crippen LogP contribution < -0.4 is 16.4 Å². The van der Waals surface area contributed by atoms with Crippen molar-refractivity contribution in [1.29, 1.82) is 0 Å². The molecule has 7 amide bonds. The van der Waals surface area contributed by atoms with Crippen molar-refractivity contribution < 1.29 is 58.5 Å². The van der Waals surface area contributed by atoms with Gasteiger partial charge in [-0.15, -0.1) is 0 Å². The van der Waals surface area contributed by atoms with Gasteiger partial charge in [-0.1, -0.05) is 12.1 Å². The van der Waals surface area contributed by atoms with Crippen LogP contribution in [-0.2, 0) is 49.6 Å². The summed E-state index contributed by atoms with van der Waals surface area (Å²) < 4.78 is 0. The monoisotopic (exact) mass is 852 g/mol. The smallest absolute Gasteiger partial charge is 0.326 e. The second-order valence-corrected chi connectivity index (χ2v) is 16.7. The number of phenolic OH excluding ortho intramolecular Hbond substituents is 1. The van der Waals surface area contributed by atoms with Gasteiger partial charge in [-0.05, 0) is 95.2 Å². The zero-order valence-electron chi connectivity index (χ0n) is 34.3. The molecule has 0 spiro atoms. The molecular weight excluding hydrogens is 796 g/mol. The van der Waals surface area contributed by atoms with E-state index in [4.69, 9.17) is 5.73 Å². The van der Waals surface area contributed by atoms with Gasteiger partial charge >= 0.3 is 11.9 Å². The third-order valence-electron chi connectivity index (χ3n) is 12.6. The molecule has 1 aromatic carbocycles. The van der Waals surface area contributed by atoms with Crippen molar-refractivity contribution in [2.24, 2.45) is 5.73 Å². The van der Waals surface area contributed by atoms with Crippen LogP contribution in [0.15, 0.2) is 24.3 Å². The number of nitrogens with one attached hydrogen (secondary N) is 2. The minimum Gasteiger partial charge on any atom is -0.508 e. The van der Waals surface area contributed by atoms with E-state index in [1.54, 1.807) is 12.1 Å². The van der Waals surface area contributed by atoms with E-state index < -0.39 is 102 Å². The van der Waals surface area contributed by atoms with Crippen LogP contribution in [0.3, 0.4) is 0 Å². The number of benzene rings is 1. The summed E-state index contributed by atoms with van der Waals surface area (Å²) in [6.45, 7) is 2.67. The molecule has 5 fully saturated rings. The highest BCUT2D eigenvalue weighted by Crippen LogP contribution is 2.31. The van der Waals surface area contributed by atoms with Gasteiger partial charge in [0.2, 0.25) is 41.4 Å². The molecule has 61 heavy (non-hydrogen) atoms. The molecule has 8 atom stereocenters. The number of hydrogen-bond donors (Lipinski definition) is 6. The van der Waals surface area contributed by atoms with Crippen molar-refractivity contribution >= 4 is 53.3 Å². The Hall–Kier alpha value is -5.79. The van der Waals surface area contributed by atoms with Crippen molar-refractivity contribution in [2.75, 3.05) is 32.7 Å². The van der Waals surface area contributed by atoms with Crippen molar-refractivity contribution in [3.63, 3.8) is 0 Å². The van der Waals surface area contributed by atoms with Crippen LogP contribution in [0, 0.1) is 0 Å². The lowest BCUT2D eigenvalue weighted by molar-refractivity contribution is -0.154. The SMILES string of the molecule is CC(NC(=O)C1CCCN1C(=O)C(CC(=O)O)NC(=O)C(N)Cc1ccc(O)cc1)C(=O)N1CCCC1C(=O)N1CCCC1C(=O)N1CCCC1C(=O)N1CCCC1C(=O)O. The molecule has 8 unspecified atom stereocenters. The molecule has 1 aromatic rings. The topological polar surface area (TPSA) is 281 Å². The molecule has 5 saturated heterocycles. The number of carbonyl (C=O) groups excluding carboxylic acids is 7. The first-order valence-corrected chi connectivity index (χ1v) is 21.2. The van der Waals surface area contributed by atoms with Crippen LogP contribution in [0.1, 0.15) is 83.1 Å². The normalized spacial score (nSPS) is 25.3. The summed E-state index contributed by atoms with van der Waals surface area (Å²) in [6.07, 6.45) is 3.48. The Morgan fingerprint density at radius 3 is 1.54 bits per heavy atom. The van der Waals surface area contributed by atoms with Gasteiger partial charge in [0.15, 0.2) is 0 Å². The molecule has 5 aliphatic rings. The first kappa shape index (κ1) is 44.8. The average molecular weight is 853 g/mol. The van der Waals surface area contributed by atoms with Crippen LogP contribution in [0.2, 0.25) is 0 Å². The summed E-state index contributed by atoms with van der Waals surface area (Å²) in [5, 5.41) is 33.9. The highest BCUT2D eigenvalue weighted by atomic mass is 16.4. The van der Waals surface area contributed by atoms with E-state index in [0.717, 1.165) is 0 Å². The molecule has 7 N–H and O–H groups in total. The van der Waals surface area contributed by atoms with E-state index in [1.165, 1.54) is 43.6 Å². The summed E-state index contributed by atoms with van der Waals surface area (Å²) in [5.74, 6) is -6.38. The molecule has 5 aliphatic heterocycles. The maximum absolute atomic E-state index is 14.2. The van der Waals surface area contributed by atoms with Crippen LogP contribution in [-0.4, -0.2) is 174 Å². The van der Waals surface area contributed by atoms with Gasteiger partial charge in [0.1, 0.15) is 48.0 Å². The van der Waals surface area contributed by atoms with E-state index in [-0.39, 0.29) is 44.1 Å². The summed E-state index contributed by atoms with van der Waals surface area (Å²) in [5.41, 5.74) is 6.69. The number of amides is 7. The number of carbonyl (C=O) groups is 9. The van der Waals surface area contributed by atoms with Crippen molar-refractivity contribution in [3.05, 3.63) is 29.8 Å². The lowest BCUT2D eigenvalue weighted by Crippen LogP contribution is -2.59. The quantitative estimate of drug-likeness (QED) is 0.128. The molecule has 0 aromatic heterocycles. The Morgan fingerprint density at radius 2 is 1.05 bits per heavy atom. The fourth-order valence-electron chi connectivity index (χ4n) is 9.48. The predicted octanol–water partition coefficient (Wildman–Crippen LogP) is -1.23. The fourth-order valence-corrected chi connectivity index (χ4v) is 9.48. The summed E-state index contributed by atoms with van der Waals surface area (Å²) >= 11 is 0. The highest BCUT2D eigenvalue weighted by Gasteiger charge is 2.48. The van der Waals surface area contributed by atoms with Gasteiger partial charge in [0.05, 0.1) is 12.5 Å². The predicted molar refractivity (Wildman–Crippen MR) is 213 cm³/mol. The number of phenols is 1. The maximum Gasteiger partial charge on any atom is 0.326 e. The Labute approximate surface area is 352 Å². The summed E-state index contributed by atoms with van der Waals surface area (Å²) in [4.78, 5) is 127.